The lowest BCUT2D eigenvalue weighted by Crippen LogP contribution is -2.64. The second-order valence-electron chi connectivity index (χ2n) is 15.4. The second kappa shape index (κ2) is 7.56. The number of rotatable bonds is 2. The summed E-state index contributed by atoms with van der Waals surface area (Å²) in [6.07, 6.45) is 11.9. The van der Waals surface area contributed by atoms with Crippen molar-refractivity contribution in [1.82, 2.24) is 0 Å². The van der Waals surface area contributed by atoms with Gasteiger partial charge in [-0.25, -0.2) is 0 Å². The molecule has 3 nitrogen and oxygen atoms in total. The molecule has 3 heteroatoms. The normalized spacial score (nSPS) is 54.1. The van der Waals surface area contributed by atoms with E-state index >= 15 is 0 Å². The molecule has 9 unspecified atom stereocenters. The Morgan fingerprint density at radius 3 is 2.09 bits per heavy atom. The molecule has 5 rings (SSSR count). The van der Waals surface area contributed by atoms with Crippen molar-refractivity contribution in [3.05, 3.63) is 0 Å². The number of ketones is 1. The zero-order valence-electron chi connectivity index (χ0n) is 23.7. The molecule has 0 bridgehead atoms. The molecule has 5 fully saturated rings. The van der Waals surface area contributed by atoms with Gasteiger partial charge in [0.25, 0.3) is 0 Å². The van der Waals surface area contributed by atoms with Gasteiger partial charge in [-0.1, -0.05) is 48.5 Å². The predicted octanol–water partition coefficient (Wildman–Crippen LogP) is 7.81. The number of hydrogen-bond acceptors (Lipinski definition) is 3. The molecule has 1 heterocycles. The summed E-state index contributed by atoms with van der Waals surface area (Å²) >= 11 is 0. The van der Waals surface area contributed by atoms with E-state index < -0.39 is 0 Å². The van der Waals surface area contributed by atoms with Gasteiger partial charge in [0.1, 0.15) is 5.78 Å². The van der Waals surface area contributed by atoms with Crippen LogP contribution in [-0.4, -0.2) is 24.8 Å². The van der Waals surface area contributed by atoms with Crippen LogP contribution in [0.4, 0.5) is 0 Å². The highest BCUT2D eigenvalue weighted by Crippen LogP contribution is 2.75. The Bertz CT molecular complexity index is 846. The van der Waals surface area contributed by atoms with Crippen LogP contribution in [0.3, 0.4) is 0 Å². The fraction of sp³-hybridized carbons (Fsp3) is 0.968. The lowest BCUT2D eigenvalue weighted by atomic mass is 9.35. The minimum Gasteiger partial charge on any atom is -0.355 e. The summed E-state index contributed by atoms with van der Waals surface area (Å²) in [5, 5.41) is 0. The maximum atomic E-state index is 12.9. The van der Waals surface area contributed by atoms with Crippen LogP contribution in [0.15, 0.2) is 0 Å². The van der Waals surface area contributed by atoms with Gasteiger partial charge in [0.2, 0.25) is 0 Å². The van der Waals surface area contributed by atoms with Gasteiger partial charge in [-0.05, 0) is 105 Å². The van der Waals surface area contributed by atoms with Crippen molar-refractivity contribution >= 4 is 5.78 Å². The van der Waals surface area contributed by atoms with Gasteiger partial charge in [0, 0.05) is 24.4 Å². The van der Waals surface area contributed by atoms with Crippen LogP contribution in [0.5, 0.6) is 0 Å². The second-order valence-corrected chi connectivity index (χ2v) is 15.4. The van der Waals surface area contributed by atoms with Crippen LogP contribution < -0.4 is 0 Å². The molecule has 4 aliphatic carbocycles. The molecule has 0 aromatic rings. The number of carbonyl (C=O) groups excluding carboxylic acids is 1. The van der Waals surface area contributed by atoms with E-state index in [-0.39, 0.29) is 22.7 Å². The van der Waals surface area contributed by atoms with Crippen LogP contribution in [0, 0.1) is 50.7 Å². The lowest BCUT2D eigenvalue weighted by molar-refractivity contribution is -0.291. The highest BCUT2D eigenvalue weighted by molar-refractivity contribution is 5.85. The van der Waals surface area contributed by atoms with Gasteiger partial charge in [0.15, 0.2) is 6.29 Å². The minimum absolute atomic E-state index is 0.0812. The van der Waals surface area contributed by atoms with Crippen LogP contribution in [0.25, 0.3) is 0 Å². The Morgan fingerprint density at radius 1 is 0.735 bits per heavy atom. The van der Waals surface area contributed by atoms with Crippen LogP contribution in [-0.2, 0) is 14.3 Å². The number of Topliss-reactive ketones (excluding diaryl/α,β-unsaturated/α-hetero) is 1. The highest BCUT2D eigenvalue weighted by Gasteiger charge is 2.70. The summed E-state index contributed by atoms with van der Waals surface area (Å²) in [5.74, 6) is 3.14. The molecule has 5 aliphatic rings. The van der Waals surface area contributed by atoms with Crippen molar-refractivity contribution in [3.63, 3.8) is 0 Å². The predicted molar refractivity (Wildman–Crippen MR) is 137 cm³/mol. The van der Waals surface area contributed by atoms with Crippen LogP contribution >= 0.6 is 0 Å². The Balaban J connectivity index is 1.45. The monoisotopic (exact) mass is 472 g/mol. The summed E-state index contributed by atoms with van der Waals surface area (Å²) in [4.78, 5) is 12.9. The van der Waals surface area contributed by atoms with E-state index in [0.717, 1.165) is 31.1 Å². The molecule has 194 valence electrons. The van der Waals surface area contributed by atoms with Crippen molar-refractivity contribution < 1.29 is 14.3 Å². The summed E-state index contributed by atoms with van der Waals surface area (Å²) in [6, 6.07) is 0. The summed E-state index contributed by atoms with van der Waals surface area (Å²) in [5.41, 5.74) is 0.863. The van der Waals surface area contributed by atoms with Gasteiger partial charge < -0.3 is 9.47 Å². The molecule has 1 saturated heterocycles. The van der Waals surface area contributed by atoms with Gasteiger partial charge >= 0.3 is 0 Å². The first-order valence-electron chi connectivity index (χ1n) is 14.4. The minimum atomic E-state index is -0.157. The first kappa shape index (κ1) is 25.2. The lowest BCUT2D eigenvalue weighted by Gasteiger charge is -2.69. The van der Waals surface area contributed by atoms with E-state index in [1.807, 2.05) is 7.11 Å². The van der Waals surface area contributed by atoms with E-state index in [2.05, 4.69) is 55.4 Å². The Hall–Kier alpha value is -0.410. The molecule has 1 aliphatic heterocycles. The standard InChI is InChI=1S/C31H52O3/c1-26(2)18-19-31(8,34-25(26)33-9)21-12-16-29(6)20(21)10-11-23-28(5)15-14-24(32)27(3,4)22(28)13-17-30(23,29)7/h20-23,25H,10-19H2,1-9H3. The van der Waals surface area contributed by atoms with Crippen LogP contribution in [0.2, 0.25) is 0 Å². The van der Waals surface area contributed by atoms with Gasteiger partial charge in [-0.15, -0.1) is 0 Å². The Morgan fingerprint density at radius 2 is 1.41 bits per heavy atom. The molecule has 0 spiro atoms. The van der Waals surface area contributed by atoms with E-state index in [4.69, 9.17) is 9.47 Å². The maximum absolute atomic E-state index is 12.9. The third-order valence-corrected chi connectivity index (χ3v) is 13.4. The molecule has 0 aromatic heterocycles. The fourth-order valence-electron chi connectivity index (χ4n) is 11.1. The van der Waals surface area contributed by atoms with Gasteiger partial charge in [-0.3, -0.25) is 4.79 Å². The third-order valence-electron chi connectivity index (χ3n) is 13.4. The van der Waals surface area contributed by atoms with Crippen molar-refractivity contribution in [2.45, 2.75) is 131 Å². The maximum Gasteiger partial charge on any atom is 0.162 e. The number of methoxy groups -OCH3 is 1. The third kappa shape index (κ3) is 3.10. The van der Waals surface area contributed by atoms with Crippen LogP contribution in [0.1, 0.15) is 120 Å². The smallest absolute Gasteiger partial charge is 0.162 e. The molecular weight excluding hydrogens is 420 g/mol. The molecule has 0 N–H and O–H groups in total. The number of ether oxygens (including phenoxy) is 2. The van der Waals surface area contributed by atoms with Crippen molar-refractivity contribution in [1.29, 1.82) is 0 Å². The molecular formula is C31H52O3. The average Bonchev–Trinajstić information content (AvgIpc) is 3.12. The first-order valence-corrected chi connectivity index (χ1v) is 14.4. The highest BCUT2D eigenvalue weighted by atomic mass is 16.7. The Labute approximate surface area is 209 Å². The SMILES string of the molecule is COC1OC(C)(C2CCC3(C)C2CCC2C4(C)CCC(=O)C(C)(C)C4CCC23C)CCC1(C)C. The first-order chi connectivity index (χ1) is 15.7. The fourth-order valence-corrected chi connectivity index (χ4v) is 11.1. The number of carbonyl (C=O) groups is 1. The van der Waals surface area contributed by atoms with E-state index in [1.54, 1.807) is 0 Å². The quantitative estimate of drug-likeness (QED) is 0.411. The van der Waals surface area contributed by atoms with Gasteiger partial charge in [0.05, 0.1) is 5.60 Å². The van der Waals surface area contributed by atoms with E-state index in [1.165, 1.54) is 44.9 Å². The van der Waals surface area contributed by atoms with E-state index in [9.17, 15) is 4.79 Å². The number of hydrogen-bond donors (Lipinski definition) is 0. The molecule has 0 radical (unpaired) electrons. The largest absolute Gasteiger partial charge is 0.355 e. The average molecular weight is 473 g/mol. The number of fused-ring (bicyclic) bond motifs is 5. The van der Waals surface area contributed by atoms with Gasteiger partial charge in [-0.2, -0.15) is 0 Å². The summed E-state index contributed by atoms with van der Waals surface area (Å²) in [6.45, 7) is 19.4. The van der Waals surface area contributed by atoms with Crippen molar-refractivity contribution in [3.8, 4) is 0 Å². The van der Waals surface area contributed by atoms with Crippen molar-refractivity contribution in [2.75, 3.05) is 7.11 Å². The molecule has 0 aromatic carbocycles. The zero-order valence-corrected chi connectivity index (χ0v) is 23.7. The molecule has 34 heavy (non-hydrogen) atoms. The summed E-state index contributed by atoms with van der Waals surface area (Å²) < 4.78 is 12.7. The topological polar surface area (TPSA) is 35.5 Å². The molecule has 4 saturated carbocycles. The molecule has 9 atom stereocenters. The van der Waals surface area contributed by atoms with Crippen molar-refractivity contribution in [2.24, 2.45) is 50.7 Å². The molecule has 0 amide bonds. The zero-order chi connectivity index (χ0) is 24.9. The Kier molecular flexibility index (Phi) is 5.61. The summed E-state index contributed by atoms with van der Waals surface area (Å²) in [7, 11) is 1.82. The van der Waals surface area contributed by atoms with E-state index in [0.29, 0.717) is 33.9 Å².